The molecular formula is C49H90N2O10. The zero-order valence-electron chi connectivity index (χ0n) is 39.6. The van der Waals surface area contributed by atoms with E-state index >= 15 is 0 Å². The molecule has 1 aliphatic heterocycles. The van der Waals surface area contributed by atoms with E-state index in [1.54, 1.807) is 0 Å². The molecule has 1 aliphatic rings. The maximum atomic E-state index is 13.4. The summed E-state index contributed by atoms with van der Waals surface area (Å²) >= 11 is 0. The first kappa shape index (κ1) is 56.3. The minimum absolute atomic E-state index is 0.110. The molecule has 0 radical (unpaired) electrons. The second kappa shape index (κ2) is 36.7. The van der Waals surface area contributed by atoms with Crippen molar-refractivity contribution in [2.75, 3.05) is 6.61 Å². The van der Waals surface area contributed by atoms with Gasteiger partial charge in [0.25, 0.3) is 0 Å². The number of hydrogen-bond acceptors (Lipinski definition) is 11. The molecule has 1 amide bonds. The van der Waals surface area contributed by atoms with Crippen molar-refractivity contribution in [2.24, 2.45) is 5.73 Å². The lowest BCUT2D eigenvalue weighted by Gasteiger charge is -2.45. The van der Waals surface area contributed by atoms with Crippen LogP contribution in [0.1, 0.15) is 234 Å². The Labute approximate surface area is 371 Å². The van der Waals surface area contributed by atoms with Gasteiger partial charge in [0.2, 0.25) is 5.91 Å². The summed E-state index contributed by atoms with van der Waals surface area (Å²) < 4.78 is 28.4. The molecule has 0 saturated carbocycles. The number of carbonyl (C=O) groups excluding carboxylic acids is 5. The Morgan fingerprint density at radius 1 is 0.492 bits per heavy atom. The van der Waals surface area contributed by atoms with Crippen molar-refractivity contribution in [3.8, 4) is 0 Å². The molecule has 0 aromatic heterocycles. The van der Waals surface area contributed by atoms with Crippen LogP contribution in [0.4, 0.5) is 0 Å². The maximum absolute atomic E-state index is 13.4. The molecule has 0 aromatic carbocycles. The van der Waals surface area contributed by atoms with Gasteiger partial charge in [-0.25, -0.2) is 0 Å². The molecule has 1 fully saturated rings. The summed E-state index contributed by atoms with van der Waals surface area (Å²) in [6, 6.07) is -1.01. The highest BCUT2D eigenvalue weighted by Gasteiger charge is 2.52. The van der Waals surface area contributed by atoms with Crippen LogP contribution in [0.15, 0.2) is 0 Å². The van der Waals surface area contributed by atoms with E-state index in [-0.39, 0.29) is 18.9 Å². The number of unbranched alkanes of at least 4 members (excludes halogenated alkanes) is 25. The summed E-state index contributed by atoms with van der Waals surface area (Å²) in [6.45, 7) is 8.93. The zero-order valence-corrected chi connectivity index (χ0v) is 39.6. The molecule has 1 unspecified atom stereocenters. The van der Waals surface area contributed by atoms with Crippen LogP contribution in [0.3, 0.4) is 0 Å². The molecule has 12 nitrogen and oxygen atoms in total. The number of amides is 1. The van der Waals surface area contributed by atoms with E-state index in [1.165, 1.54) is 156 Å². The topological polar surface area (TPSA) is 170 Å². The summed E-state index contributed by atoms with van der Waals surface area (Å²) in [7, 11) is 0. The number of hydrogen-bond donors (Lipinski definition) is 2. The van der Waals surface area contributed by atoms with Gasteiger partial charge in [0.05, 0.1) is 0 Å². The first-order chi connectivity index (χ1) is 29.4. The lowest BCUT2D eigenvalue weighted by molar-refractivity contribution is -0.254. The number of esters is 4. The molecule has 3 N–H and O–H groups in total. The normalized spacial score (nSPS) is 19.8. The monoisotopic (exact) mass is 867 g/mol. The van der Waals surface area contributed by atoms with Gasteiger partial charge in [-0.15, -0.1) is 0 Å². The van der Waals surface area contributed by atoms with Crippen molar-refractivity contribution < 1.29 is 47.7 Å². The number of nitrogens with one attached hydrogen (secondary N) is 1. The second-order valence-corrected chi connectivity index (χ2v) is 17.7. The van der Waals surface area contributed by atoms with Crippen molar-refractivity contribution in [3.05, 3.63) is 0 Å². The molecule has 356 valence electrons. The molecule has 0 aliphatic carbocycles. The van der Waals surface area contributed by atoms with Crippen molar-refractivity contribution in [3.63, 3.8) is 0 Å². The number of rotatable bonds is 38. The second-order valence-electron chi connectivity index (χ2n) is 17.7. The summed E-state index contributed by atoms with van der Waals surface area (Å²) in [5.74, 6) is -2.76. The average molecular weight is 867 g/mol. The Hall–Kier alpha value is -2.73. The average Bonchev–Trinajstić information content (AvgIpc) is 3.20. The Kier molecular flexibility index (Phi) is 33.9. The van der Waals surface area contributed by atoms with Crippen molar-refractivity contribution in [1.29, 1.82) is 0 Å². The Morgan fingerprint density at radius 3 is 1.25 bits per heavy atom. The van der Waals surface area contributed by atoms with Gasteiger partial charge in [-0.1, -0.05) is 181 Å². The molecule has 1 rings (SSSR count). The van der Waals surface area contributed by atoms with Gasteiger partial charge >= 0.3 is 23.9 Å². The molecule has 0 bridgehead atoms. The number of carbonyl (C=O) groups is 5. The highest BCUT2D eigenvalue weighted by atomic mass is 16.7. The minimum Gasteiger partial charge on any atom is -0.463 e. The lowest BCUT2D eigenvalue weighted by Crippen LogP contribution is -2.64. The van der Waals surface area contributed by atoms with Gasteiger partial charge in [0.15, 0.2) is 18.3 Å². The van der Waals surface area contributed by atoms with E-state index in [4.69, 9.17) is 29.4 Å². The number of nitrogens with two attached hydrogens (primary N) is 1. The Morgan fingerprint density at radius 2 is 0.852 bits per heavy atom. The molecule has 0 spiro atoms. The quantitative estimate of drug-likeness (QED) is 0.0344. The molecular weight excluding hydrogens is 777 g/mol. The van der Waals surface area contributed by atoms with Crippen LogP contribution in [-0.4, -0.2) is 79.0 Å². The predicted octanol–water partition coefficient (Wildman–Crippen LogP) is 10.7. The lowest BCUT2D eigenvalue weighted by atomic mass is 9.88. The van der Waals surface area contributed by atoms with E-state index in [2.05, 4.69) is 19.2 Å². The highest BCUT2D eigenvalue weighted by molar-refractivity contribution is 5.76. The standard InChI is InChI=1S/C49H90N2O10/c1-7-9-11-13-14-15-16-17-18-19-20-21-22-23-24-25-26-27-28-29-30-31-33-35-46(56)51-43(42(50)34-32-12-10-8-2)36-44-47(58-39(4)53)49(60-41(6)55)48(59-40(5)54)45(61-44)37-57-38(3)52/h42-45,47-49H,7-37,50H2,1-6H3,(H,51,56)/t42-,43-,44?,45-,47+,48+,49-/m1/s1. The van der Waals surface area contributed by atoms with E-state index in [1.807, 2.05) is 0 Å². The number of ether oxygens (including phenoxy) is 5. The fourth-order valence-electron chi connectivity index (χ4n) is 8.46. The molecule has 7 atom stereocenters. The van der Waals surface area contributed by atoms with Crippen LogP contribution in [0, 0.1) is 0 Å². The Balaban J connectivity index is 2.58. The van der Waals surface area contributed by atoms with E-state index in [0.717, 1.165) is 44.9 Å². The fraction of sp³-hybridized carbons (Fsp3) is 0.898. The van der Waals surface area contributed by atoms with Gasteiger partial charge in [0, 0.05) is 46.2 Å². The third-order valence-electron chi connectivity index (χ3n) is 11.8. The fourth-order valence-corrected chi connectivity index (χ4v) is 8.46. The van der Waals surface area contributed by atoms with Crippen molar-refractivity contribution in [2.45, 2.75) is 277 Å². The van der Waals surface area contributed by atoms with Gasteiger partial charge in [0.1, 0.15) is 18.8 Å². The van der Waals surface area contributed by atoms with Gasteiger partial charge in [-0.05, 0) is 19.3 Å². The van der Waals surface area contributed by atoms with Crippen LogP contribution in [0.25, 0.3) is 0 Å². The van der Waals surface area contributed by atoms with Gasteiger partial charge in [-0.2, -0.15) is 0 Å². The van der Waals surface area contributed by atoms with E-state index in [9.17, 15) is 24.0 Å². The third kappa shape index (κ3) is 29.3. The van der Waals surface area contributed by atoms with Crippen LogP contribution < -0.4 is 11.1 Å². The summed E-state index contributed by atoms with van der Waals surface area (Å²) in [5, 5.41) is 3.15. The van der Waals surface area contributed by atoms with Crippen LogP contribution in [0.2, 0.25) is 0 Å². The third-order valence-corrected chi connectivity index (χ3v) is 11.8. The smallest absolute Gasteiger partial charge is 0.303 e. The summed E-state index contributed by atoms with van der Waals surface area (Å²) in [6.07, 6.45) is 29.6. The van der Waals surface area contributed by atoms with Crippen LogP contribution in [0.5, 0.6) is 0 Å². The van der Waals surface area contributed by atoms with Crippen molar-refractivity contribution in [1.82, 2.24) is 5.32 Å². The molecule has 61 heavy (non-hydrogen) atoms. The maximum Gasteiger partial charge on any atom is 0.303 e. The first-order valence-electron chi connectivity index (χ1n) is 24.7. The van der Waals surface area contributed by atoms with E-state index < -0.39 is 66.5 Å². The zero-order chi connectivity index (χ0) is 45.1. The van der Waals surface area contributed by atoms with Gasteiger partial charge in [-0.3, -0.25) is 24.0 Å². The van der Waals surface area contributed by atoms with Gasteiger partial charge < -0.3 is 34.7 Å². The van der Waals surface area contributed by atoms with Crippen LogP contribution in [-0.2, 0) is 47.7 Å². The van der Waals surface area contributed by atoms with Crippen LogP contribution >= 0.6 is 0 Å². The molecule has 1 saturated heterocycles. The minimum atomic E-state index is -1.27. The summed E-state index contributed by atoms with van der Waals surface area (Å²) in [4.78, 5) is 62.1. The summed E-state index contributed by atoms with van der Waals surface area (Å²) in [5.41, 5.74) is 6.77. The molecule has 1 heterocycles. The SMILES string of the molecule is CCCCCCCCCCCCCCCCCCCCCCCCCC(=O)N[C@H](CC1O[C@H](COC(C)=O)[C@H](OC(C)=O)[C@H](OC(C)=O)[C@H]1OC(C)=O)[C@H](N)CCCCCC. The first-order valence-corrected chi connectivity index (χ1v) is 24.7. The molecule has 0 aromatic rings. The van der Waals surface area contributed by atoms with E-state index in [0.29, 0.717) is 12.8 Å². The predicted molar refractivity (Wildman–Crippen MR) is 242 cm³/mol. The van der Waals surface area contributed by atoms with Crippen molar-refractivity contribution >= 4 is 29.8 Å². The molecule has 12 heteroatoms. The highest BCUT2D eigenvalue weighted by Crippen LogP contribution is 2.32. The Bertz CT molecular complexity index is 1170. The largest absolute Gasteiger partial charge is 0.463 e.